The number of anilines is 2. The highest BCUT2D eigenvalue weighted by atomic mass is 35.5. The molecular weight excluding hydrogens is 381 g/mol. The zero-order valence-corrected chi connectivity index (χ0v) is 15.2. The van der Waals surface area contributed by atoms with E-state index in [9.17, 15) is 22.8 Å². The summed E-state index contributed by atoms with van der Waals surface area (Å²) in [6, 6.07) is 9.09. The average molecular weight is 397 g/mol. The zero-order valence-electron chi connectivity index (χ0n) is 14.4. The van der Waals surface area contributed by atoms with E-state index < -0.39 is 17.6 Å². The van der Waals surface area contributed by atoms with Crippen molar-refractivity contribution >= 4 is 40.4 Å². The summed E-state index contributed by atoms with van der Waals surface area (Å²) in [4.78, 5) is 23.5. The van der Waals surface area contributed by atoms with Gasteiger partial charge in [-0.15, -0.1) is 0 Å². The standard InChI is InChI=1S/C19H16ClF3N2O2/c1-11(13-3-5-14(6-4-13)19(21,22)23)9-18(27)25-16-8-7-15(20)10-17(16)24-12(2)26/h3-10H,1-2H3,(H,24,26)(H,25,27). The maximum atomic E-state index is 12.6. The monoisotopic (exact) mass is 396 g/mol. The summed E-state index contributed by atoms with van der Waals surface area (Å²) < 4.78 is 37.8. The van der Waals surface area contributed by atoms with Crippen molar-refractivity contribution in [2.45, 2.75) is 20.0 Å². The Balaban J connectivity index is 2.18. The molecule has 0 unspecified atom stereocenters. The molecule has 2 rings (SSSR count). The number of amides is 2. The number of hydrogen-bond acceptors (Lipinski definition) is 2. The van der Waals surface area contributed by atoms with Crippen molar-refractivity contribution in [2.24, 2.45) is 0 Å². The highest BCUT2D eigenvalue weighted by Crippen LogP contribution is 2.30. The Morgan fingerprint density at radius 3 is 2.15 bits per heavy atom. The van der Waals surface area contributed by atoms with Crippen molar-refractivity contribution in [2.75, 3.05) is 10.6 Å². The largest absolute Gasteiger partial charge is 0.416 e. The predicted molar refractivity (Wildman–Crippen MR) is 99.5 cm³/mol. The van der Waals surface area contributed by atoms with Crippen LogP contribution in [0.2, 0.25) is 5.02 Å². The normalized spacial score (nSPS) is 11.9. The molecule has 0 bridgehead atoms. The average Bonchev–Trinajstić information content (AvgIpc) is 2.56. The smallest absolute Gasteiger partial charge is 0.324 e. The van der Waals surface area contributed by atoms with Crippen molar-refractivity contribution < 1.29 is 22.8 Å². The molecule has 0 atom stereocenters. The molecule has 0 saturated heterocycles. The van der Waals surface area contributed by atoms with Crippen LogP contribution >= 0.6 is 11.6 Å². The van der Waals surface area contributed by atoms with Crippen LogP contribution in [0.15, 0.2) is 48.5 Å². The van der Waals surface area contributed by atoms with Gasteiger partial charge in [-0.1, -0.05) is 23.7 Å². The number of alkyl halides is 3. The first-order valence-electron chi connectivity index (χ1n) is 7.80. The van der Waals surface area contributed by atoms with Gasteiger partial charge in [0.1, 0.15) is 0 Å². The predicted octanol–water partition coefficient (Wildman–Crippen LogP) is 5.36. The summed E-state index contributed by atoms with van der Waals surface area (Å²) in [6.07, 6.45) is -3.16. The van der Waals surface area contributed by atoms with E-state index in [1.807, 2.05) is 0 Å². The maximum absolute atomic E-state index is 12.6. The molecular formula is C19H16ClF3N2O2. The summed E-state index contributed by atoms with van der Waals surface area (Å²) in [5.74, 6) is -0.828. The minimum Gasteiger partial charge on any atom is -0.324 e. The van der Waals surface area contributed by atoms with Crippen LogP contribution in [0.3, 0.4) is 0 Å². The van der Waals surface area contributed by atoms with Gasteiger partial charge in [0, 0.05) is 18.0 Å². The Bertz CT molecular complexity index is 891. The summed E-state index contributed by atoms with van der Waals surface area (Å²) in [5, 5.41) is 5.55. The van der Waals surface area contributed by atoms with Gasteiger partial charge in [-0.3, -0.25) is 9.59 Å². The van der Waals surface area contributed by atoms with Gasteiger partial charge in [-0.05, 0) is 48.4 Å². The molecule has 0 aliphatic heterocycles. The van der Waals surface area contributed by atoms with E-state index in [0.29, 0.717) is 27.5 Å². The van der Waals surface area contributed by atoms with E-state index in [0.717, 1.165) is 12.1 Å². The first-order chi connectivity index (χ1) is 12.6. The third-order valence-corrected chi connectivity index (χ3v) is 3.80. The third-order valence-electron chi connectivity index (χ3n) is 3.57. The summed E-state index contributed by atoms with van der Waals surface area (Å²) in [7, 11) is 0. The molecule has 0 radical (unpaired) electrons. The Morgan fingerprint density at radius 1 is 0.963 bits per heavy atom. The second-order valence-electron chi connectivity index (χ2n) is 5.76. The van der Waals surface area contributed by atoms with Crippen molar-refractivity contribution in [1.82, 2.24) is 0 Å². The fourth-order valence-electron chi connectivity index (χ4n) is 2.29. The highest BCUT2D eigenvalue weighted by Gasteiger charge is 2.29. The van der Waals surface area contributed by atoms with Crippen LogP contribution in [0.4, 0.5) is 24.5 Å². The lowest BCUT2D eigenvalue weighted by molar-refractivity contribution is -0.137. The zero-order chi connectivity index (χ0) is 20.2. The molecule has 142 valence electrons. The molecule has 0 spiro atoms. The molecule has 27 heavy (non-hydrogen) atoms. The number of hydrogen-bond donors (Lipinski definition) is 2. The highest BCUT2D eigenvalue weighted by molar-refractivity contribution is 6.31. The van der Waals surface area contributed by atoms with E-state index >= 15 is 0 Å². The molecule has 0 saturated carbocycles. The Morgan fingerprint density at radius 2 is 1.59 bits per heavy atom. The first kappa shape index (κ1) is 20.5. The lowest BCUT2D eigenvalue weighted by atomic mass is 10.0. The van der Waals surface area contributed by atoms with Crippen molar-refractivity contribution in [3.8, 4) is 0 Å². The fraction of sp³-hybridized carbons (Fsp3) is 0.158. The number of halogens is 4. The molecule has 0 aromatic heterocycles. The quantitative estimate of drug-likeness (QED) is 0.683. The first-order valence-corrected chi connectivity index (χ1v) is 8.18. The molecule has 0 aliphatic rings. The molecule has 0 aliphatic carbocycles. The van der Waals surface area contributed by atoms with Crippen LogP contribution in [0.1, 0.15) is 25.0 Å². The second-order valence-corrected chi connectivity index (χ2v) is 6.20. The van der Waals surface area contributed by atoms with Crippen LogP contribution < -0.4 is 10.6 Å². The number of rotatable bonds is 4. The molecule has 8 heteroatoms. The van der Waals surface area contributed by atoms with Crippen molar-refractivity contribution in [1.29, 1.82) is 0 Å². The molecule has 0 fully saturated rings. The summed E-state index contributed by atoms with van der Waals surface area (Å²) >= 11 is 5.89. The molecule has 2 aromatic carbocycles. The Labute approximate surface area is 159 Å². The fourth-order valence-corrected chi connectivity index (χ4v) is 2.46. The topological polar surface area (TPSA) is 58.2 Å². The van der Waals surface area contributed by atoms with Gasteiger partial charge in [-0.25, -0.2) is 0 Å². The van der Waals surface area contributed by atoms with Gasteiger partial charge in [0.05, 0.1) is 16.9 Å². The Kier molecular flexibility index (Phi) is 6.28. The van der Waals surface area contributed by atoms with Gasteiger partial charge in [0.25, 0.3) is 0 Å². The van der Waals surface area contributed by atoms with Crippen LogP contribution in [-0.4, -0.2) is 11.8 Å². The van der Waals surface area contributed by atoms with E-state index in [1.165, 1.54) is 37.3 Å². The van der Waals surface area contributed by atoms with Gasteiger partial charge in [0.15, 0.2) is 0 Å². The van der Waals surface area contributed by atoms with Gasteiger partial charge < -0.3 is 10.6 Å². The van der Waals surface area contributed by atoms with Crippen molar-refractivity contribution in [3.63, 3.8) is 0 Å². The lowest BCUT2D eigenvalue weighted by Gasteiger charge is -2.11. The number of carbonyl (C=O) groups is 2. The minimum absolute atomic E-state index is 0.329. The number of allylic oxidation sites excluding steroid dienone is 1. The van der Waals surface area contributed by atoms with Crippen LogP contribution in [0.5, 0.6) is 0 Å². The van der Waals surface area contributed by atoms with E-state index in [2.05, 4.69) is 10.6 Å². The van der Waals surface area contributed by atoms with Crippen LogP contribution in [0.25, 0.3) is 5.57 Å². The van der Waals surface area contributed by atoms with E-state index in [4.69, 9.17) is 11.6 Å². The molecule has 2 amide bonds. The minimum atomic E-state index is -4.41. The van der Waals surface area contributed by atoms with Crippen molar-refractivity contribution in [3.05, 3.63) is 64.7 Å². The van der Waals surface area contributed by atoms with Crippen LogP contribution in [-0.2, 0) is 15.8 Å². The second kappa shape index (κ2) is 8.26. The Hall–Kier alpha value is -2.80. The van der Waals surface area contributed by atoms with E-state index in [-0.39, 0.29) is 5.91 Å². The number of benzene rings is 2. The van der Waals surface area contributed by atoms with Crippen LogP contribution in [0, 0.1) is 0 Å². The molecule has 4 nitrogen and oxygen atoms in total. The molecule has 2 N–H and O–H groups in total. The summed E-state index contributed by atoms with van der Waals surface area (Å²) in [5.41, 5.74) is 0.886. The van der Waals surface area contributed by atoms with Gasteiger partial charge in [0.2, 0.25) is 11.8 Å². The number of carbonyl (C=O) groups excluding carboxylic acids is 2. The maximum Gasteiger partial charge on any atom is 0.416 e. The number of nitrogens with one attached hydrogen (secondary N) is 2. The van der Waals surface area contributed by atoms with Gasteiger partial charge >= 0.3 is 6.18 Å². The molecule has 2 aromatic rings. The van der Waals surface area contributed by atoms with E-state index in [1.54, 1.807) is 13.0 Å². The lowest BCUT2D eigenvalue weighted by Crippen LogP contribution is -2.13. The SMILES string of the molecule is CC(=O)Nc1cc(Cl)ccc1NC(=O)C=C(C)c1ccc(C(F)(F)F)cc1. The molecule has 0 heterocycles. The van der Waals surface area contributed by atoms with Gasteiger partial charge in [-0.2, -0.15) is 13.2 Å². The summed E-state index contributed by atoms with van der Waals surface area (Å²) in [6.45, 7) is 2.93. The third kappa shape index (κ3) is 5.86.